The van der Waals surface area contributed by atoms with E-state index in [1.807, 2.05) is 12.1 Å². The highest BCUT2D eigenvalue weighted by Crippen LogP contribution is 2.18. The van der Waals surface area contributed by atoms with E-state index in [0.717, 1.165) is 17.8 Å². The molecule has 0 fully saturated rings. The Morgan fingerprint density at radius 1 is 1.44 bits per heavy atom. The average Bonchev–Trinajstić information content (AvgIpc) is 2.62. The molecule has 1 rings (SSSR count). The number of nitrogens with one attached hydrogen (secondary N) is 1. The maximum Gasteiger partial charge on any atom is 0.308 e. The molecular formula is C12H19NO2S. The van der Waals surface area contributed by atoms with Crippen LogP contribution in [0.2, 0.25) is 0 Å². The number of carbonyl (C=O) groups is 1. The molecule has 90 valence electrons. The van der Waals surface area contributed by atoms with E-state index in [-0.39, 0.29) is 12.0 Å². The molecule has 0 aromatic carbocycles. The molecule has 3 nitrogen and oxygen atoms in total. The molecule has 0 unspecified atom stereocenters. The van der Waals surface area contributed by atoms with E-state index in [0.29, 0.717) is 0 Å². The minimum absolute atomic E-state index is 0.127. The topological polar surface area (TPSA) is 49.3 Å². The van der Waals surface area contributed by atoms with Crippen LogP contribution in [0.5, 0.6) is 0 Å². The van der Waals surface area contributed by atoms with Crippen LogP contribution in [0.3, 0.4) is 0 Å². The number of aliphatic carboxylic acids is 1. The fourth-order valence-corrected chi connectivity index (χ4v) is 2.16. The first kappa shape index (κ1) is 13.2. The lowest BCUT2D eigenvalue weighted by Crippen LogP contribution is -2.37. The molecular weight excluding hydrogens is 222 g/mol. The molecule has 0 saturated heterocycles. The van der Waals surface area contributed by atoms with Crippen LogP contribution in [0, 0.1) is 0 Å². The van der Waals surface area contributed by atoms with E-state index in [1.54, 1.807) is 11.3 Å². The predicted octanol–water partition coefficient (Wildman–Crippen LogP) is 2.65. The number of hydrogen-bond acceptors (Lipinski definition) is 3. The highest BCUT2D eigenvalue weighted by molar-refractivity contribution is 7.12. The maximum absolute atomic E-state index is 10.5. The van der Waals surface area contributed by atoms with Crippen LogP contribution in [0.4, 0.5) is 0 Å². The molecule has 0 bridgehead atoms. The van der Waals surface area contributed by atoms with Crippen molar-refractivity contribution in [1.29, 1.82) is 0 Å². The summed E-state index contributed by atoms with van der Waals surface area (Å²) in [7, 11) is 0. The van der Waals surface area contributed by atoms with Crippen molar-refractivity contribution < 1.29 is 9.90 Å². The van der Waals surface area contributed by atoms with Gasteiger partial charge in [-0.15, -0.1) is 11.3 Å². The SMILES string of the molecule is CCC(C)(C)NCc1ccc(CC(=O)O)s1. The van der Waals surface area contributed by atoms with Crippen LogP contribution in [0.15, 0.2) is 12.1 Å². The smallest absolute Gasteiger partial charge is 0.308 e. The third kappa shape index (κ3) is 4.33. The lowest BCUT2D eigenvalue weighted by molar-refractivity contribution is -0.136. The van der Waals surface area contributed by atoms with Crippen molar-refractivity contribution in [2.24, 2.45) is 0 Å². The second-order valence-electron chi connectivity index (χ2n) is 4.53. The average molecular weight is 241 g/mol. The molecule has 0 saturated carbocycles. The lowest BCUT2D eigenvalue weighted by Gasteiger charge is -2.24. The second kappa shape index (κ2) is 5.46. The van der Waals surface area contributed by atoms with E-state index in [9.17, 15) is 4.79 Å². The molecule has 0 aliphatic heterocycles. The molecule has 0 aliphatic rings. The van der Waals surface area contributed by atoms with Crippen molar-refractivity contribution >= 4 is 17.3 Å². The molecule has 16 heavy (non-hydrogen) atoms. The summed E-state index contributed by atoms with van der Waals surface area (Å²) < 4.78 is 0. The zero-order chi connectivity index (χ0) is 12.2. The predicted molar refractivity (Wildman–Crippen MR) is 66.9 cm³/mol. The number of thiophene rings is 1. The second-order valence-corrected chi connectivity index (χ2v) is 5.78. The summed E-state index contributed by atoms with van der Waals surface area (Å²) >= 11 is 1.57. The molecule has 1 aromatic heterocycles. The fraction of sp³-hybridized carbons (Fsp3) is 0.583. The Labute approximate surface area is 100 Å². The van der Waals surface area contributed by atoms with Crippen molar-refractivity contribution in [2.45, 2.75) is 45.7 Å². The number of carboxylic acid groups (broad SMARTS) is 1. The largest absolute Gasteiger partial charge is 0.481 e. The van der Waals surface area contributed by atoms with Crippen molar-refractivity contribution in [3.8, 4) is 0 Å². The monoisotopic (exact) mass is 241 g/mol. The van der Waals surface area contributed by atoms with E-state index >= 15 is 0 Å². The quantitative estimate of drug-likeness (QED) is 0.805. The summed E-state index contributed by atoms with van der Waals surface area (Å²) in [5, 5.41) is 12.1. The molecule has 1 heterocycles. The molecule has 1 aromatic rings. The van der Waals surface area contributed by atoms with Crippen LogP contribution in [-0.4, -0.2) is 16.6 Å². The van der Waals surface area contributed by atoms with Crippen molar-refractivity contribution in [3.63, 3.8) is 0 Å². The minimum Gasteiger partial charge on any atom is -0.481 e. The molecule has 0 radical (unpaired) electrons. The first-order valence-corrected chi connectivity index (χ1v) is 6.29. The van der Waals surface area contributed by atoms with Crippen LogP contribution in [0.25, 0.3) is 0 Å². The van der Waals surface area contributed by atoms with Gasteiger partial charge in [0.1, 0.15) is 0 Å². The molecule has 0 spiro atoms. The van der Waals surface area contributed by atoms with Gasteiger partial charge < -0.3 is 10.4 Å². The summed E-state index contributed by atoms with van der Waals surface area (Å²) in [6.45, 7) is 7.29. The lowest BCUT2D eigenvalue weighted by atomic mass is 10.0. The fourth-order valence-electron chi connectivity index (χ4n) is 1.21. The summed E-state index contributed by atoms with van der Waals surface area (Å²) in [6, 6.07) is 3.90. The number of rotatable bonds is 6. The van der Waals surface area contributed by atoms with E-state index in [4.69, 9.17) is 5.11 Å². The number of carboxylic acids is 1. The van der Waals surface area contributed by atoms with Gasteiger partial charge in [0.2, 0.25) is 0 Å². The van der Waals surface area contributed by atoms with Crippen LogP contribution in [-0.2, 0) is 17.8 Å². The number of hydrogen-bond donors (Lipinski definition) is 2. The standard InChI is InChI=1S/C12H19NO2S/c1-4-12(2,3)13-8-10-6-5-9(16-10)7-11(14)15/h5-6,13H,4,7-8H2,1-3H3,(H,14,15). The Bertz CT molecular complexity index is 358. The normalized spacial score (nSPS) is 11.7. The Hall–Kier alpha value is -0.870. The van der Waals surface area contributed by atoms with Gasteiger partial charge >= 0.3 is 5.97 Å². The third-order valence-corrected chi connectivity index (χ3v) is 3.75. The highest BCUT2D eigenvalue weighted by Gasteiger charge is 2.14. The summed E-state index contributed by atoms with van der Waals surface area (Å²) in [5.74, 6) is -0.768. The third-order valence-electron chi connectivity index (χ3n) is 2.67. The van der Waals surface area contributed by atoms with E-state index in [1.165, 1.54) is 4.88 Å². The van der Waals surface area contributed by atoms with Gasteiger partial charge in [-0.1, -0.05) is 6.92 Å². The van der Waals surface area contributed by atoms with Gasteiger partial charge in [0.25, 0.3) is 0 Å². The van der Waals surface area contributed by atoms with E-state index < -0.39 is 5.97 Å². The van der Waals surface area contributed by atoms with Gasteiger partial charge in [-0.05, 0) is 32.4 Å². The van der Waals surface area contributed by atoms with Crippen LogP contribution in [0.1, 0.15) is 36.9 Å². The molecule has 0 atom stereocenters. The Morgan fingerprint density at radius 3 is 2.62 bits per heavy atom. The summed E-state index contributed by atoms with van der Waals surface area (Å²) in [5.41, 5.74) is 0.136. The Morgan fingerprint density at radius 2 is 2.06 bits per heavy atom. The maximum atomic E-state index is 10.5. The van der Waals surface area contributed by atoms with Gasteiger partial charge in [0, 0.05) is 21.8 Å². The molecule has 0 amide bonds. The molecule has 4 heteroatoms. The van der Waals surface area contributed by atoms with Crippen LogP contribution >= 0.6 is 11.3 Å². The molecule has 0 aliphatic carbocycles. The Kier molecular flexibility index (Phi) is 4.50. The summed E-state index contributed by atoms with van der Waals surface area (Å²) in [6.07, 6.45) is 1.20. The van der Waals surface area contributed by atoms with Crippen molar-refractivity contribution in [3.05, 3.63) is 21.9 Å². The van der Waals surface area contributed by atoms with E-state index in [2.05, 4.69) is 26.1 Å². The molecule has 2 N–H and O–H groups in total. The zero-order valence-corrected chi connectivity index (χ0v) is 10.9. The Balaban J connectivity index is 2.49. The van der Waals surface area contributed by atoms with Gasteiger partial charge in [-0.2, -0.15) is 0 Å². The first-order valence-electron chi connectivity index (χ1n) is 5.47. The van der Waals surface area contributed by atoms with Gasteiger partial charge in [0.15, 0.2) is 0 Å². The minimum atomic E-state index is -0.768. The zero-order valence-electron chi connectivity index (χ0n) is 10.0. The first-order chi connectivity index (χ1) is 7.43. The van der Waals surface area contributed by atoms with Crippen LogP contribution < -0.4 is 5.32 Å². The van der Waals surface area contributed by atoms with Gasteiger partial charge in [0.05, 0.1) is 6.42 Å². The van der Waals surface area contributed by atoms with Crippen molar-refractivity contribution in [2.75, 3.05) is 0 Å². The van der Waals surface area contributed by atoms with Gasteiger partial charge in [-0.3, -0.25) is 4.79 Å². The van der Waals surface area contributed by atoms with Gasteiger partial charge in [-0.25, -0.2) is 0 Å². The summed E-state index contributed by atoms with van der Waals surface area (Å²) in [4.78, 5) is 12.6. The van der Waals surface area contributed by atoms with Crippen molar-refractivity contribution in [1.82, 2.24) is 5.32 Å². The highest BCUT2D eigenvalue weighted by atomic mass is 32.1.